The molecule has 0 aliphatic carbocycles. The first-order valence-electron chi connectivity index (χ1n) is 9.83. The van der Waals surface area contributed by atoms with Crippen LogP contribution in [0.15, 0.2) is 12.2 Å². The fourth-order valence-electron chi connectivity index (χ4n) is 2.35. The predicted octanol–water partition coefficient (Wildman–Crippen LogP) is 5.14. The zero-order chi connectivity index (χ0) is 19.2. The molecule has 0 aromatic rings. The Balaban J connectivity index is 0. The highest BCUT2D eigenvalue weighted by Gasteiger charge is 1.95. The van der Waals surface area contributed by atoms with E-state index in [2.05, 4.69) is 24.8 Å². The number of unbranched alkanes of at least 4 members (excludes halogenated alkanes) is 11. The number of nitrogens with two attached hydrogens (primary N) is 1. The van der Waals surface area contributed by atoms with E-state index in [4.69, 9.17) is 10.2 Å². The first-order valence-corrected chi connectivity index (χ1v) is 9.83. The highest BCUT2D eigenvalue weighted by atomic mass is 16.4. The van der Waals surface area contributed by atoms with Gasteiger partial charge in [0.2, 0.25) is 0 Å². The van der Waals surface area contributed by atoms with Crippen molar-refractivity contribution in [1.29, 1.82) is 0 Å². The van der Waals surface area contributed by atoms with Crippen LogP contribution in [0.2, 0.25) is 0 Å². The third-order valence-corrected chi connectivity index (χ3v) is 3.83. The van der Waals surface area contributed by atoms with Crippen LogP contribution < -0.4 is 5.73 Å². The molecule has 0 radical (unpaired) electrons. The Morgan fingerprint density at radius 2 is 1.12 bits per heavy atom. The van der Waals surface area contributed by atoms with E-state index in [1.165, 1.54) is 70.6 Å². The molecule has 0 saturated heterocycles. The van der Waals surface area contributed by atoms with E-state index in [0.29, 0.717) is 6.42 Å². The number of rotatable bonds is 16. The molecule has 0 heterocycles. The number of hydrogen-bond acceptors (Lipinski definition) is 3. The molecule has 0 unspecified atom stereocenters. The second-order valence-electron chi connectivity index (χ2n) is 6.33. The summed E-state index contributed by atoms with van der Waals surface area (Å²) < 4.78 is 0. The second kappa shape index (κ2) is 22.6. The quantitative estimate of drug-likeness (QED) is 0.262. The molecule has 25 heavy (non-hydrogen) atoms. The van der Waals surface area contributed by atoms with Gasteiger partial charge >= 0.3 is 11.9 Å². The highest BCUT2D eigenvalue weighted by Crippen LogP contribution is 2.09. The summed E-state index contributed by atoms with van der Waals surface area (Å²) in [6.45, 7) is 1.98. The van der Waals surface area contributed by atoms with E-state index < -0.39 is 11.9 Å². The van der Waals surface area contributed by atoms with Crippen LogP contribution in [0.1, 0.15) is 96.8 Å². The summed E-state index contributed by atoms with van der Waals surface area (Å²) >= 11 is 0. The second-order valence-corrected chi connectivity index (χ2v) is 6.33. The van der Waals surface area contributed by atoms with Gasteiger partial charge in [0.25, 0.3) is 0 Å². The van der Waals surface area contributed by atoms with Crippen LogP contribution in [0.25, 0.3) is 0 Å². The first kappa shape index (κ1) is 25.9. The lowest BCUT2D eigenvalue weighted by atomic mass is 10.1. The van der Waals surface area contributed by atoms with Crippen molar-refractivity contribution in [3.05, 3.63) is 12.2 Å². The smallest absolute Gasteiger partial charge is 0.317 e. The fourth-order valence-corrected chi connectivity index (χ4v) is 2.35. The van der Waals surface area contributed by atoms with Gasteiger partial charge in [0, 0.05) is 6.42 Å². The van der Waals surface area contributed by atoms with Crippen LogP contribution in [0.3, 0.4) is 0 Å². The number of allylic oxidation sites excluding steroid dienone is 2. The third kappa shape index (κ3) is 31.0. The number of carboxylic acid groups (broad SMARTS) is 2. The van der Waals surface area contributed by atoms with E-state index in [1.54, 1.807) is 0 Å². The van der Waals surface area contributed by atoms with Crippen LogP contribution in [-0.4, -0.2) is 28.7 Å². The van der Waals surface area contributed by atoms with Crippen LogP contribution in [0.5, 0.6) is 0 Å². The van der Waals surface area contributed by atoms with Gasteiger partial charge in [-0.2, -0.15) is 0 Å². The minimum atomic E-state index is -0.968. The van der Waals surface area contributed by atoms with Gasteiger partial charge in [-0.25, -0.2) is 0 Å². The highest BCUT2D eigenvalue weighted by molar-refractivity contribution is 5.68. The Bertz CT molecular complexity index is 330. The van der Waals surface area contributed by atoms with Crippen molar-refractivity contribution in [2.45, 2.75) is 96.8 Å². The molecule has 0 aromatic heterocycles. The van der Waals surface area contributed by atoms with Crippen molar-refractivity contribution in [3.63, 3.8) is 0 Å². The molecule has 4 N–H and O–H groups in total. The molecular formula is C20H39NO4. The zero-order valence-corrected chi connectivity index (χ0v) is 16.0. The van der Waals surface area contributed by atoms with Crippen molar-refractivity contribution < 1.29 is 19.8 Å². The van der Waals surface area contributed by atoms with Gasteiger partial charge in [0.15, 0.2) is 0 Å². The van der Waals surface area contributed by atoms with Crippen LogP contribution >= 0.6 is 0 Å². The molecular weight excluding hydrogens is 318 g/mol. The number of carbonyl (C=O) groups is 2. The largest absolute Gasteiger partial charge is 0.481 e. The first-order chi connectivity index (χ1) is 12.0. The van der Waals surface area contributed by atoms with Crippen molar-refractivity contribution in [1.82, 2.24) is 0 Å². The molecule has 0 aliphatic rings. The maximum Gasteiger partial charge on any atom is 0.317 e. The summed E-state index contributed by atoms with van der Waals surface area (Å²) in [6, 6.07) is 0. The Morgan fingerprint density at radius 1 is 0.720 bits per heavy atom. The van der Waals surface area contributed by atoms with Gasteiger partial charge in [0.05, 0.1) is 6.54 Å². The van der Waals surface area contributed by atoms with Crippen molar-refractivity contribution in [2.75, 3.05) is 6.54 Å². The Labute approximate surface area is 153 Å². The van der Waals surface area contributed by atoms with Gasteiger partial charge in [0.1, 0.15) is 0 Å². The molecule has 5 heteroatoms. The minimum absolute atomic E-state index is 0.278. The third-order valence-electron chi connectivity index (χ3n) is 3.83. The van der Waals surface area contributed by atoms with E-state index in [9.17, 15) is 9.59 Å². The van der Waals surface area contributed by atoms with Gasteiger partial charge < -0.3 is 15.9 Å². The molecule has 0 atom stereocenters. The summed E-state index contributed by atoms with van der Waals surface area (Å²) in [5.41, 5.74) is 4.57. The van der Waals surface area contributed by atoms with Crippen molar-refractivity contribution in [2.24, 2.45) is 5.73 Å². The molecule has 0 bridgehead atoms. The lowest BCUT2D eigenvalue weighted by Gasteiger charge is -1.99. The summed E-state index contributed by atoms with van der Waals surface area (Å²) in [5, 5.41) is 16.1. The molecule has 148 valence electrons. The predicted molar refractivity (Wildman–Crippen MR) is 104 cm³/mol. The Kier molecular flexibility index (Phi) is 23.4. The van der Waals surface area contributed by atoms with E-state index in [0.717, 1.165) is 12.8 Å². The maximum atomic E-state index is 10.3. The molecule has 0 saturated carbocycles. The average Bonchev–Trinajstić information content (AvgIpc) is 2.58. The summed E-state index contributed by atoms with van der Waals surface area (Å²) in [7, 11) is 0. The standard InChI is InChI=1S/C18H34O2.C2H5NO2/c1-2-3-4-5-6-7-8-9-10-11-12-13-14-15-16-17-18(19)20;3-1-2(4)5/h9-10H,2-8,11-17H2,1H3,(H,19,20);1,3H2,(H,4,5)/b10-9-;. The molecule has 0 aromatic carbocycles. The van der Waals surface area contributed by atoms with Gasteiger partial charge in [-0.3, -0.25) is 9.59 Å². The monoisotopic (exact) mass is 357 g/mol. The molecule has 0 amide bonds. The summed E-state index contributed by atoms with van der Waals surface area (Å²) in [4.78, 5) is 19.6. The Morgan fingerprint density at radius 3 is 1.52 bits per heavy atom. The van der Waals surface area contributed by atoms with E-state index >= 15 is 0 Å². The van der Waals surface area contributed by atoms with Gasteiger partial charge in [-0.1, -0.05) is 70.4 Å². The van der Waals surface area contributed by atoms with Crippen LogP contribution in [-0.2, 0) is 9.59 Å². The molecule has 0 spiro atoms. The van der Waals surface area contributed by atoms with Crippen molar-refractivity contribution >= 4 is 11.9 Å². The van der Waals surface area contributed by atoms with Crippen molar-refractivity contribution in [3.8, 4) is 0 Å². The number of aliphatic carboxylic acids is 2. The zero-order valence-electron chi connectivity index (χ0n) is 16.0. The molecule has 0 rings (SSSR count). The fraction of sp³-hybridized carbons (Fsp3) is 0.800. The lowest BCUT2D eigenvalue weighted by Crippen LogP contribution is -2.10. The lowest BCUT2D eigenvalue weighted by molar-refractivity contribution is -0.137. The van der Waals surface area contributed by atoms with E-state index in [-0.39, 0.29) is 6.54 Å². The van der Waals surface area contributed by atoms with Crippen LogP contribution in [0, 0.1) is 0 Å². The summed E-state index contributed by atoms with van der Waals surface area (Å²) in [5.74, 6) is -1.63. The maximum absolute atomic E-state index is 10.3. The number of hydrogen-bond donors (Lipinski definition) is 3. The molecule has 0 fully saturated rings. The average molecular weight is 358 g/mol. The van der Waals surface area contributed by atoms with Gasteiger partial charge in [-0.05, 0) is 32.1 Å². The topological polar surface area (TPSA) is 101 Å². The van der Waals surface area contributed by atoms with Crippen LogP contribution in [0.4, 0.5) is 0 Å². The molecule has 0 aliphatic heterocycles. The van der Waals surface area contributed by atoms with Gasteiger partial charge in [-0.15, -0.1) is 0 Å². The summed E-state index contributed by atoms with van der Waals surface area (Å²) in [6.07, 6.45) is 21.2. The number of carboxylic acids is 2. The van der Waals surface area contributed by atoms with E-state index in [1.807, 2.05) is 0 Å². The minimum Gasteiger partial charge on any atom is -0.481 e. The normalized spacial score (nSPS) is 10.5. The molecule has 5 nitrogen and oxygen atoms in total. The SMILES string of the molecule is CCCCCCCC/C=C\CCCCCCCC(=O)O.NCC(=O)O. The Hall–Kier alpha value is -1.36.